The largest absolute Gasteiger partial charge is 0.396 e. The molecule has 0 aliphatic carbocycles. The summed E-state index contributed by atoms with van der Waals surface area (Å²) >= 11 is 50.5. The molecule has 3 fully saturated rings. The quantitative estimate of drug-likeness (QED) is 0.0282. The molecule has 12 heterocycles. The third kappa shape index (κ3) is 18.3. The van der Waals surface area contributed by atoms with Gasteiger partial charge in [-0.3, -0.25) is 57.4 Å². The number of halogens is 15. The molecule has 732 valence electrons. The van der Waals surface area contributed by atoms with Gasteiger partial charge in [0, 0.05) is 110 Å². The van der Waals surface area contributed by atoms with E-state index in [0.717, 1.165) is 0 Å². The number of pyridine rings is 9. The summed E-state index contributed by atoms with van der Waals surface area (Å²) in [5.74, 6) is -10.9. The summed E-state index contributed by atoms with van der Waals surface area (Å²) in [6, 6.07) is 13.5. The second-order valence-corrected chi connectivity index (χ2v) is 38.5. The highest BCUT2D eigenvalue weighted by Crippen LogP contribution is 2.50. The monoisotopic (exact) mass is 2080 g/mol. The van der Waals surface area contributed by atoms with E-state index in [0.29, 0.717) is 50.8 Å². The van der Waals surface area contributed by atoms with Gasteiger partial charge in [0.2, 0.25) is 17.7 Å². The zero-order valence-corrected chi connectivity index (χ0v) is 84.4. The first-order chi connectivity index (χ1) is 66.5. The van der Waals surface area contributed by atoms with Gasteiger partial charge in [0.1, 0.15) is 66.9 Å². The van der Waals surface area contributed by atoms with E-state index in [1.165, 1.54) is 50.1 Å². The maximum absolute atomic E-state index is 15.6. The molecule has 12 aromatic rings. The number of nitriles is 3. The maximum Gasteiger partial charge on any atom is 0.276 e. The van der Waals surface area contributed by atoms with Crippen molar-refractivity contribution in [1.82, 2.24) is 58.3 Å². The SMILES string of the molecule is C=CC(=O)N1[C@H](C)CN(c2c(C#N)c(=O)n(-c3c(C)ccnc3C(C)C)c3nc(-c4c(F)c(Cl)c(F)c(N)c4Cl)c(Cl)cc23)C[C@@H]1C.C=CC(=O)N1[C@H](C)CN(c2c(C#N)c(=O)n(-c3c(C)ccnc3C(C)C)c3nc(-c4c(F)c(Cl)c(F)c(N)c4Cl)c(Cl)cc23)C[C@@H]1C.C=CC(=O)N1[C@H](C)CN(c2c(C#N)c(=O)n(-c3c(C)ccnc3C(C)C)c3nc(-c4c(N)c(F)c(Cl)c(F)c4F)c(Cl)cc23)C[C@@H]1C. The molecule has 3 aliphatic heterocycles. The first kappa shape index (κ1) is 105. The first-order valence-electron chi connectivity index (χ1n) is 43.9. The minimum Gasteiger partial charge on any atom is -0.396 e. The van der Waals surface area contributed by atoms with E-state index < -0.39 is 122 Å². The van der Waals surface area contributed by atoms with Gasteiger partial charge in [-0.2, -0.15) is 15.8 Å². The molecule has 3 aromatic carbocycles. The number of fused-ring (bicyclic) bond motifs is 3. The average Bonchev–Trinajstić information content (AvgIpc) is 0.725. The number of nitrogen functional groups attached to an aromatic ring is 3. The Kier molecular flexibility index (Phi) is 30.8. The van der Waals surface area contributed by atoms with Gasteiger partial charge < -0.3 is 46.6 Å². The number of hydrogen-bond donors (Lipinski definition) is 3. The summed E-state index contributed by atoms with van der Waals surface area (Å²) in [5, 5.41) is 27.8. The van der Waals surface area contributed by atoms with Gasteiger partial charge in [0.15, 0.2) is 40.7 Å². The van der Waals surface area contributed by atoms with Crippen molar-refractivity contribution in [2.45, 2.75) is 158 Å². The Morgan fingerprint density at radius 1 is 0.383 bits per heavy atom. The predicted octanol–water partition coefficient (Wildman–Crippen LogP) is 21.0. The number of amides is 3. The molecule has 0 bridgehead atoms. The van der Waals surface area contributed by atoms with E-state index in [4.69, 9.17) is 120 Å². The first-order valence-corrected chi connectivity index (χ1v) is 46.9. The van der Waals surface area contributed by atoms with Crippen molar-refractivity contribution in [3.8, 4) is 69.0 Å². The summed E-state index contributed by atoms with van der Waals surface area (Å²) in [6.45, 7) is 40.0. The number of piperazine rings is 3. The topological polar surface area (TPSA) is 363 Å². The van der Waals surface area contributed by atoms with E-state index >= 15 is 13.2 Å². The van der Waals surface area contributed by atoms with Crippen LogP contribution in [0.5, 0.6) is 0 Å². The third-order valence-corrected chi connectivity index (χ3v) is 27.6. The van der Waals surface area contributed by atoms with Gasteiger partial charge >= 0.3 is 0 Å². The lowest BCUT2D eigenvalue weighted by Crippen LogP contribution is -2.58. The van der Waals surface area contributed by atoms with Crippen LogP contribution in [0.25, 0.3) is 83.9 Å². The molecule has 6 N–H and O–H groups in total. The Labute approximate surface area is 844 Å². The standard InChI is InChI=1S/2C33H30Cl3F2N7O2.C33H30Cl2F3N7O2/c2*1-7-21(46)44-16(5)12-43(13-17(44)6)31-18-10-20(34)29(22-23(35)27(40)26(38)24(36)25(22)37)42-32(18)45(33(47)19(31)11-39)30-15(4)8-9-41-28(30)14(2)3;1-7-21(46)44-16(5)12-43(13-17(44)6)31-18-10-20(34)29(22-24(36)25(37)23(35)26(38)27(22)40)42-32(18)45(33(47)19(31)11-39)30-15(4)8-9-41-28(30)14(2)3/h3*7-10,14,16-17H,1,12-13,40H2,2-6H3/t3*16-,17+. The van der Waals surface area contributed by atoms with E-state index in [1.807, 2.05) is 92.9 Å². The zero-order chi connectivity index (χ0) is 104. The van der Waals surface area contributed by atoms with Crippen LogP contribution in [0.4, 0.5) is 64.9 Å². The molecule has 141 heavy (non-hydrogen) atoms. The normalized spacial score (nSPS) is 16.6. The predicted molar refractivity (Wildman–Crippen MR) is 540 cm³/mol. The summed E-state index contributed by atoms with van der Waals surface area (Å²) in [4.78, 5) is 120. The number of hydrogen-bond acceptors (Lipinski definition) is 21. The molecule has 3 amide bonds. The van der Waals surface area contributed by atoms with Crippen LogP contribution >= 0.6 is 92.8 Å². The van der Waals surface area contributed by atoms with Gasteiger partial charge in [-0.1, -0.05) is 154 Å². The highest BCUT2D eigenvalue weighted by Gasteiger charge is 2.42. The van der Waals surface area contributed by atoms with Gasteiger partial charge in [-0.15, -0.1) is 0 Å². The molecular weight excluding hydrogens is 2000 g/mol. The molecule has 27 nitrogen and oxygen atoms in total. The van der Waals surface area contributed by atoms with Crippen LogP contribution in [0.15, 0.2) is 107 Å². The molecule has 0 spiro atoms. The third-order valence-electron chi connectivity index (χ3n) is 24.9. The second kappa shape index (κ2) is 41.2. The van der Waals surface area contributed by atoms with Gasteiger partial charge in [-0.25, -0.2) is 45.7 Å². The van der Waals surface area contributed by atoms with Crippen molar-refractivity contribution in [3.63, 3.8) is 0 Å². The Hall–Kier alpha value is -13.1. The summed E-state index contributed by atoms with van der Waals surface area (Å²) in [5.41, 5.74) is 15.2. The van der Waals surface area contributed by atoms with E-state index in [9.17, 15) is 62.1 Å². The fourth-order valence-electron chi connectivity index (χ4n) is 18.8. The number of carbonyl (C=O) groups is 3. The van der Waals surface area contributed by atoms with Crippen LogP contribution in [0, 0.1) is 95.5 Å². The molecule has 9 aromatic heterocycles. The number of aryl methyl sites for hydroxylation is 3. The minimum absolute atomic E-state index is 0.000731. The van der Waals surface area contributed by atoms with Crippen molar-refractivity contribution in [2.24, 2.45) is 0 Å². The maximum atomic E-state index is 15.6. The molecule has 3 aliphatic rings. The van der Waals surface area contributed by atoms with Crippen molar-refractivity contribution in [1.29, 1.82) is 15.8 Å². The highest BCUT2D eigenvalue weighted by atomic mass is 35.5. The van der Waals surface area contributed by atoms with Gasteiger partial charge in [0.25, 0.3) is 16.7 Å². The van der Waals surface area contributed by atoms with Crippen LogP contribution in [0.1, 0.15) is 151 Å². The number of nitrogens with zero attached hydrogens (tertiary/aromatic N) is 18. The highest BCUT2D eigenvalue weighted by molar-refractivity contribution is 6.41. The zero-order valence-electron chi connectivity index (χ0n) is 78.4. The van der Waals surface area contributed by atoms with E-state index in [-0.39, 0.29) is 204 Å². The van der Waals surface area contributed by atoms with E-state index in [2.05, 4.69) is 57.9 Å². The van der Waals surface area contributed by atoms with Crippen LogP contribution in [0.3, 0.4) is 0 Å². The molecule has 15 rings (SSSR count). The van der Waals surface area contributed by atoms with Crippen molar-refractivity contribution in [2.75, 3.05) is 71.2 Å². The van der Waals surface area contributed by atoms with Crippen molar-refractivity contribution >= 4 is 178 Å². The second-order valence-electron chi connectivity index (χ2n) is 35.3. The molecular formula is C99H90Cl8F7N21O6. The number of anilines is 6. The van der Waals surface area contributed by atoms with Crippen LogP contribution in [0.2, 0.25) is 40.2 Å². The molecule has 0 saturated carbocycles. The molecule has 0 unspecified atom stereocenters. The Bertz CT molecular complexity index is 6860. The Morgan fingerprint density at radius 3 is 0.865 bits per heavy atom. The number of aromatic nitrogens is 9. The number of carbonyl (C=O) groups excluding carboxylic acids is 3. The summed E-state index contributed by atoms with van der Waals surface area (Å²) in [6.07, 6.45) is 8.52. The fourth-order valence-corrected chi connectivity index (χ4v) is 20.7. The van der Waals surface area contributed by atoms with Crippen LogP contribution < -0.4 is 48.6 Å². The van der Waals surface area contributed by atoms with E-state index in [1.54, 1.807) is 77.2 Å². The Balaban J connectivity index is 0.000000178. The average molecular weight is 2090 g/mol. The smallest absolute Gasteiger partial charge is 0.276 e. The van der Waals surface area contributed by atoms with Crippen LogP contribution in [-0.2, 0) is 14.4 Å². The molecule has 42 heteroatoms. The number of rotatable bonds is 15. The lowest BCUT2D eigenvalue weighted by molar-refractivity contribution is -0.131. The van der Waals surface area contributed by atoms with Crippen molar-refractivity contribution in [3.05, 3.63) is 255 Å². The van der Waals surface area contributed by atoms with Gasteiger partial charge in [0.05, 0.1) is 127 Å². The summed E-state index contributed by atoms with van der Waals surface area (Å²) in [7, 11) is 0. The number of benzene rings is 3. The number of nitrogens with two attached hydrogens (primary N) is 3. The van der Waals surface area contributed by atoms with Gasteiger partial charge in [-0.05, 0) is 151 Å². The fraction of sp³-hybridized carbons (Fsp3) is 0.303. The lowest BCUT2D eigenvalue weighted by atomic mass is 10.0. The molecule has 0 radical (unpaired) electrons. The summed E-state index contributed by atoms with van der Waals surface area (Å²) < 4.78 is 109. The van der Waals surface area contributed by atoms with Crippen LogP contribution in [-0.4, -0.2) is 152 Å². The minimum atomic E-state index is -1.69. The molecule has 3 saturated heterocycles. The molecule has 6 atom stereocenters. The van der Waals surface area contributed by atoms with Crippen molar-refractivity contribution < 1.29 is 45.1 Å². The Morgan fingerprint density at radius 2 is 0.624 bits per heavy atom. The lowest BCUT2D eigenvalue weighted by Gasteiger charge is -2.45.